The summed E-state index contributed by atoms with van der Waals surface area (Å²) in [6.07, 6.45) is 0. The lowest BCUT2D eigenvalue weighted by Gasteiger charge is -2.10. The van der Waals surface area contributed by atoms with Crippen molar-refractivity contribution in [1.82, 2.24) is 29.5 Å². The van der Waals surface area contributed by atoms with Crippen molar-refractivity contribution >= 4 is 65.8 Å². The first-order valence-electron chi connectivity index (χ1n) is 20.8. The van der Waals surface area contributed by atoms with E-state index in [2.05, 4.69) is 83.4 Å². The maximum absolute atomic E-state index is 6.53. The Bertz CT molecular complexity index is 3910. The number of fused-ring (bicyclic) bond motifs is 9. The average molecular weight is 809 g/mol. The van der Waals surface area contributed by atoms with Gasteiger partial charge in [-0.3, -0.25) is 0 Å². The predicted octanol–water partition coefficient (Wildman–Crippen LogP) is 13.9. The van der Waals surface area contributed by atoms with Crippen LogP contribution in [0.5, 0.6) is 0 Å². The van der Waals surface area contributed by atoms with Gasteiger partial charge in [-0.05, 0) is 60.7 Å². The normalized spacial score (nSPS) is 11.8. The van der Waals surface area contributed by atoms with Gasteiger partial charge in [0.2, 0.25) is 0 Å². The smallest absolute Gasteiger partial charge is 0.180 e. The summed E-state index contributed by atoms with van der Waals surface area (Å²) in [6.45, 7) is 0. The second-order valence-electron chi connectivity index (χ2n) is 15.6. The van der Waals surface area contributed by atoms with Gasteiger partial charge in [0.15, 0.2) is 28.9 Å². The van der Waals surface area contributed by atoms with E-state index in [1.54, 1.807) is 0 Å². The van der Waals surface area contributed by atoms with Gasteiger partial charge in [0.05, 0.1) is 11.0 Å². The van der Waals surface area contributed by atoms with Crippen LogP contribution in [0.25, 0.3) is 128 Å². The van der Waals surface area contributed by atoms with Crippen LogP contribution in [-0.2, 0) is 0 Å². The van der Waals surface area contributed by atoms with E-state index in [-0.39, 0.29) is 0 Å². The molecule has 294 valence electrons. The first-order valence-corrected chi connectivity index (χ1v) is 20.8. The number of nitrogens with zero attached hydrogens (tertiary/aromatic N) is 6. The molecule has 0 aliphatic heterocycles. The molecule has 0 atom stereocenters. The molecule has 8 nitrogen and oxygen atoms in total. The van der Waals surface area contributed by atoms with Crippen molar-refractivity contribution in [2.75, 3.05) is 0 Å². The molecule has 0 saturated heterocycles. The molecule has 0 radical (unpaired) electrons. The molecule has 13 rings (SSSR count). The molecule has 0 amide bonds. The van der Waals surface area contributed by atoms with E-state index in [0.29, 0.717) is 28.9 Å². The number of benzene rings is 8. The second-order valence-corrected chi connectivity index (χ2v) is 15.6. The van der Waals surface area contributed by atoms with Crippen LogP contribution in [0.4, 0.5) is 0 Å². The van der Waals surface area contributed by atoms with E-state index >= 15 is 0 Å². The molecular formula is C55H32N6O2. The number of hydrogen-bond acceptors (Lipinski definition) is 7. The minimum atomic E-state index is 0.546. The third-order valence-electron chi connectivity index (χ3n) is 11.9. The molecule has 13 aromatic rings. The summed E-state index contributed by atoms with van der Waals surface area (Å²) >= 11 is 0. The molecule has 0 bridgehead atoms. The molecule has 0 spiro atoms. The SMILES string of the molecule is c1ccc(-c2nc(-c3ccc4oc5cccc(-c6nc(-c7ccccc7)c7oc8ccccc8c7n6)c5c4c3)nc(-c3ccc4c5ccccc5n(-c5ccccc5)c4c3)n2)cc1. The van der Waals surface area contributed by atoms with Crippen LogP contribution in [-0.4, -0.2) is 29.5 Å². The summed E-state index contributed by atoms with van der Waals surface area (Å²) in [4.78, 5) is 25.9. The molecule has 5 aromatic heterocycles. The average Bonchev–Trinajstić information content (AvgIpc) is 4.03. The van der Waals surface area contributed by atoms with Gasteiger partial charge in [-0.1, -0.05) is 133 Å². The van der Waals surface area contributed by atoms with Crippen molar-refractivity contribution in [3.8, 4) is 62.5 Å². The van der Waals surface area contributed by atoms with Crippen molar-refractivity contribution in [2.24, 2.45) is 0 Å². The molecular weight excluding hydrogens is 777 g/mol. The highest BCUT2D eigenvalue weighted by Crippen LogP contribution is 2.41. The van der Waals surface area contributed by atoms with E-state index < -0.39 is 0 Å². The van der Waals surface area contributed by atoms with E-state index in [0.717, 1.165) is 94.0 Å². The fraction of sp³-hybridized carbons (Fsp3) is 0. The molecule has 8 heteroatoms. The van der Waals surface area contributed by atoms with Crippen LogP contribution in [0.3, 0.4) is 0 Å². The molecule has 0 aliphatic rings. The zero-order valence-corrected chi connectivity index (χ0v) is 33.5. The quantitative estimate of drug-likeness (QED) is 0.165. The van der Waals surface area contributed by atoms with Crippen molar-refractivity contribution in [1.29, 1.82) is 0 Å². The Balaban J connectivity index is 1.01. The van der Waals surface area contributed by atoms with Crippen LogP contribution in [0.15, 0.2) is 203 Å². The Labute approximate surface area is 359 Å². The Morgan fingerprint density at radius 1 is 0.349 bits per heavy atom. The minimum absolute atomic E-state index is 0.546. The lowest BCUT2D eigenvalue weighted by atomic mass is 10.0. The van der Waals surface area contributed by atoms with Gasteiger partial charge < -0.3 is 13.4 Å². The largest absolute Gasteiger partial charge is 0.456 e. The van der Waals surface area contributed by atoms with Crippen LogP contribution >= 0.6 is 0 Å². The topological polar surface area (TPSA) is 95.7 Å². The Morgan fingerprint density at radius 2 is 0.952 bits per heavy atom. The van der Waals surface area contributed by atoms with Gasteiger partial charge in [0, 0.05) is 60.4 Å². The lowest BCUT2D eigenvalue weighted by Crippen LogP contribution is -2.00. The summed E-state index contributed by atoms with van der Waals surface area (Å²) < 4.78 is 15.3. The standard InChI is InChI=1S/C55H32N6O2/c1-4-15-33(16-5-1)49-51-50(40-22-11-13-25-45(40)63-51)57-55(56-49)41-23-14-26-47-48(41)42-31-35(28-30-46(42)62-47)53-58-52(34-17-6-2-7-18-34)59-54(60-53)36-27-29-39-38-21-10-12-24-43(38)61(44(39)32-36)37-19-8-3-9-20-37/h1-32H. The maximum Gasteiger partial charge on any atom is 0.180 e. The number of furan rings is 2. The van der Waals surface area contributed by atoms with Crippen LogP contribution in [0.2, 0.25) is 0 Å². The second kappa shape index (κ2) is 13.9. The zero-order chi connectivity index (χ0) is 41.4. The lowest BCUT2D eigenvalue weighted by molar-refractivity contribution is 0.667. The summed E-state index contributed by atoms with van der Waals surface area (Å²) in [5.74, 6) is 2.28. The molecule has 0 unspecified atom stereocenters. The third-order valence-corrected chi connectivity index (χ3v) is 11.9. The molecule has 8 aromatic carbocycles. The summed E-state index contributed by atoms with van der Waals surface area (Å²) in [7, 11) is 0. The van der Waals surface area contributed by atoms with Gasteiger partial charge in [0.25, 0.3) is 0 Å². The Kier molecular flexibility index (Phi) is 7.74. The highest BCUT2D eigenvalue weighted by Gasteiger charge is 2.22. The van der Waals surface area contributed by atoms with Crippen molar-refractivity contribution in [2.45, 2.75) is 0 Å². The van der Waals surface area contributed by atoms with Gasteiger partial charge in [-0.25, -0.2) is 24.9 Å². The van der Waals surface area contributed by atoms with Gasteiger partial charge in [-0.15, -0.1) is 0 Å². The van der Waals surface area contributed by atoms with Crippen LogP contribution in [0, 0.1) is 0 Å². The Morgan fingerprint density at radius 3 is 1.75 bits per heavy atom. The first kappa shape index (κ1) is 35.0. The monoisotopic (exact) mass is 808 g/mol. The molecule has 0 aliphatic carbocycles. The highest BCUT2D eigenvalue weighted by atomic mass is 16.3. The minimum Gasteiger partial charge on any atom is -0.456 e. The predicted molar refractivity (Wildman–Crippen MR) is 251 cm³/mol. The molecule has 5 heterocycles. The fourth-order valence-corrected chi connectivity index (χ4v) is 8.97. The van der Waals surface area contributed by atoms with E-state index in [1.165, 1.54) is 5.39 Å². The van der Waals surface area contributed by atoms with E-state index in [1.807, 2.05) is 115 Å². The Hall–Kier alpha value is -8.75. The molecule has 63 heavy (non-hydrogen) atoms. The van der Waals surface area contributed by atoms with Gasteiger partial charge in [-0.2, -0.15) is 0 Å². The summed E-state index contributed by atoms with van der Waals surface area (Å²) in [5, 5.41) is 5.07. The van der Waals surface area contributed by atoms with Crippen molar-refractivity contribution in [3.63, 3.8) is 0 Å². The molecule has 0 N–H and O–H groups in total. The maximum atomic E-state index is 6.53. The number of hydrogen-bond donors (Lipinski definition) is 0. The number of para-hydroxylation sites is 3. The van der Waals surface area contributed by atoms with Crippen LogP contribution in [0.1, 0.15) is 0 Å². The third kappa shape index (κ3) is 5.66. The van der Waals surface area contributed by atoms with Crippen LogP contribution < -0.4 is 0 Å². The summed E-state index contributed by atoms with van der Waals surface area (Å²) in [6, 6.07) is 65.8. The fourth-order valence-electron chi connectivity index (χ4n) is 8.97. The highest BCUT2D eigenvalue weighted by molar-refractivity contribution is 6.14. The van der Waals surface area contributed by atoms with Gasteiger partial charge >= 0.3 is 0 Å². The molecule has 0 saturated carbocycles. The first-order chi connectivity index (χ1) is 31.2. The van der Waals surface area contributed by atoms with E-state index in [4.69, 9.17) is 33.8 Å². The zero-order valence-electron chi connectivity index (χ0n) is 33.5. The van der Waals surface area contributed by atoms with Crippen molar-refractivity contribution < 1.29 is 8.83 Å². The van der Waals surface area contributed by atoms with Gasteiger partial charge in [0.1, 0.15) is 28.0 Å². The number of rotatable bonds is 6. The number of aromatic nitrogens is 6. The molecule has 0 fully saturated rings. The van der Waals surface area contributed by atoms with Crippen molar-refractivity contribution in [3.05, 3.63) is 194 Å². The van der Waals surface area contributed by atoms with E-state index in [9.17, 15) is 0 Å². The summed E-state index contributed by atoms with van der Waals surface area (Å²) in [5.41, 5.74) is 12.0.